The highest BCUT2D eigenvalue weighted by atomic mass is 19.1. The third-order valence-corrected chi connectivity index (χ3v) is 5.33. The molecule has 0 aromatic heterocycles. The van der Waals surface area contributed by atoms with Crippen LogP contribution in [0.15, 0.2) is 54.6 Å². The van der Waals surface area contributed by atoms with Crippen molar-refractivity contribution in [1.29, 1.82) is 0 Å². The molecule has 29 heavy (non-hydrogen) atoms. The zero-order valence-electron chi connectivity index (χ0n) is 15.8. The number of halogens is 1. The van der Waals surface area contributed by atoms with E-state index in [4.69, 9.17) is 0 Å². The number of hydrogen-bond acceptors (Lipinski definition) is 3. The summed E-state index contributed by atoms with van der Waals surface area (Å²) in [7, 11) is 0. The van der Waals surface area contributed by atoms with E-state index in [1.807, 2.05) is 12.2 Å². The van der Waals surface area contributed by atoms with E-state index in [1.54, 1.807) is 31.2 Å². The molecule has 2 N–H and O–H groups in total. The molecule has 1 fully saturated rings. The second-order valence-corrected chi connectivity index (χ2v) is 7.27. The number of allylic oxidation sites excluding steroid dienone is 2. The van der Waals surface area contributed by atoms with Crippen LogP contribution in [0.3, 0.4) is 0 Å². The average Bonchev–Trinajstić information content (AvgIpc) is 2.73. The van der Waals surface area contributed by atoms with Gasteiger partial charge >= 0.3 is 0 Å². The largest absolute Gasteiger partial charge is 0.322 e. The van der Waals surface area contributed by atoms with Gasteiger partial charge in [-0.2, -0.15) is 0 Å². The third kappa shape index (κ3) is 3.63. The second-order valence-electron chi connectivity index (χ2n) is 7.27. The van der Waals surface area contributed by atoms with Crippen molar-refractivity contribution >= 4 is 29.1 Å². The fourth-order valence-corrected chi connectivity index (χ4v) is 3.73. The molecule has 0 bridgehead atoms. The molecule has 1 heterocycles. The van der Waals surface area contributed by atoms with Crippen LogP contribution < -0.4 is 15.8 Å². The summed E-state index contributed by atoms with van der Waals surface area (Å²) >= 11 is 0. The molecule has 4 rings (SSSR count). The zero-order valence-corrected chi connectivity index (χ0v) is 15.8. The van der Waals surface area contributed by atoms with Crippen LogP contribution in [0, 0.1) is 24.6 Å². The van der Waals surface area contributed by atoms with Crippen LogP contribution in [0.2, 0.25) is 0 Å². The number of rotatable bonds is 3. The highest BCUT2D eigenvalue weighted by Gasteiger charge is 2.42. The van der Waals surface area contributed by atoms with Crippen molar-refractivity contribution in [2.45, 2.75) is 19.8 Å². The molecule has 1 saturated heterocycles. The number of nitrogens with one attached hydrogen (secondary N) is 2. The van der Waals surface area contributed by atoms with Crippen LogP contribution >= 0.6 is 0 Å². The van der Waals surface area contributed by atoms with Gasteiger partial charge in [-0.1, -0.05) is 18.2 Å². The van der Waals surface area contributed by atoms with Gasteiger partial charge in [-0.15, -0.1) is 0 Å². The summed E-state index contributed by atoms with van der Waals surface area (Å²) in [5.41, 5.74) is 4.49. The molecule has 1 aliphatic carbocycles. The van der Waals surface area contributed by atoms with Gasteiger partial charge in [0.1, 0.15) is 5.82 Å². The van der Waals surface area contributed by atoms with Gasteiger partial charge < -0.3 is 5.32 Å². The van der Waals surface area contributed by atoms with Crippen molar-refractivity contribution in [2.75, 3.05) is 10.3 Å². The SMILES string of the molecule is Cc1cc(F)ccc1NC(=O)c1cccc(N2NC(=O)C3CC=CCC3C2=O)c1. The molecule has 1 aliphatic heterocycles. The number of aryl methyl sites for hydroxylation is 1. The number of benzene rings is 2. The van der Waals surface area contributed by atoms with Gasteiger partial charge in [-0.05, 0) is 61.7 Å². The Bertz CT molecular complexity index is 1030. The third-order valence-electron chi connectivity index (χ3n) is 5.33. The first-order chi connectivity index (χ1) is 13.9. The van der Waals surface area contributed by atoms with Crippen LogP contribution in [0.4, 0.5) is 15.8 Å². The molecule has 2 unspecified atom stereocenters. The Morgan fingerprint density at radius 2 is 1.86 bits per heavy atom. The predicted molar refractivity (Wildman–Crippen MR) is 107 cm³/mol. The topological polar surface area (TPSA) is 78.5 Å². The number of nitrogens with zero attached hydrogens (tertiary/aromatic N) is 1. The minimum Gasteiger partial charge on any atom is -0.322 e. The van der Waals surface area contributed by atoms with E-state index in [2.05, 4.69) is 10.7 Å². The van der Waals surface area contributed by atoms with E-state index in [1.165, 1.54) is 23.2 Å². The molecule has 2 atom stereocenters. The maximum Gasteiger partial charge on any atom is 0.255 e. The lowest BCUT2D eigenvalue weighted by atomic mass is 9.80. The Morgan fingerprint density at radius 1 is 1.10 bits per heavy atom. The molecular weight excluding hydrogens is 373 g/mol. The molecule has 7 heteroatoms. The number of amides is 3. The average molecular weight is 393 g/mol. The summed E-state index contributed by atoms with van der Waals surface area (Å²) in [6, 6.07) is 10.6. The lowest BCUT2D eigenvalue weighted by molar-refractivity contribution is -0.139. The van der Waals surface area contributed by atoms with Crippen LogP contribution in [0.1, 0.15) is 28.8 Å². The van der Waals surface area contributed by atoms with E-state index in [0.717, 1.165) is 0 Å². The highest BCUT2D eigenvalue weighted by molar-refractivity contribution is 6.07. The summed E-state index contributed by atoms with van der Waals surface area (Å²) < 4.78 is 13.3. The van der Waals surface area contributed by atoms with Crippen molar-refractivity contribution < 1.29 is 18.8 Å². The molecular formula is C22H20FN3O3. The standard InChI is InChI=1S/C22H20FN3O3/c1-13-11-15(23)9-10-19(13)24-20(27)14-5-4-6-16(12-14)26-22(29)18-8-3-2-7-17(18)21(28)25-26/h2-6,9-12,17-18H,7-8H2,1H3,(H,24,27)(H,25,28). The predicted octanol–water partition coefficient (Wildman–Crippen LogP) is 3.35. The Labute approximate surface area is 167 Å². The van der Waals surface area contributed by atoms with E-state index in [0.29, 0.717) is 35.3 Å². The van der Waals surface area contributed by atoms with Gasteiger partial charge in [-0.3, -0.25) is 19.8 Å². The highest BCUT2D eigenvalue weighted by Crippen LogP contribution is 2.32. The Kier molecular flexibility index (Phi) is 4.88. The van der Waals surface area contributed by atoms with Gasteiger partial charge in [-0.25, -0.2) is 9.40 Å². The van der Waals surface area contributed by atoms with Crippen LogP contribution in [-0.4, -0.2) is 17.7 Å². The van der Waals surface area contributed by atoms with E-state index >= 15 is 0 Å². The molecule has 3 amide bonds. The van der Waals surface area contributed by atoms with Crippen LogP contribution in [-0.2, 0) is 9.59 Å². The van der Waals surface area contributed by atoms with Gasteiger partial charge in [0.2, 0.25) is 11.8 Å². The van der Waals surface area contributed by atoms with Crippen LogP contribution in [0.25, 0.3) is 0 Å². The molecule has 2 aromatic rings. The molecule has 0 spiro atoms. The monoisotopic (exact) mass is 393 g/mol. The fourth-order valence-electron chi connectivity index (χ4n) is 3.73. The Hall–Kier alpha value is -3.48. The molecule has 0 saturated carbocycles. The zero-order chi connectivity index (χ0) is 20.5. The second kappa shape index (κ2) is 7.50. The first-order valence-corrected chi connectivity index (χ1v) is 9.41. The molecule has 2 aliphatic rings. The van der Waals surface area contributed by atoms with Crippen LogP contribution in [0.5, 0.6) is 0 Å². The Morgan fingerprint density at radius 3 is 2.62 bits per heavy atom. The minimum atomic E-state index is -0.395. The summed E-state index contributed by atoms with van der Waals surface area (Å²) in [4.78, 5) is 38.0. The maximum atomic E-state index is 13.3. The fraction of sp³-hybridized carbons (Fsp3) is 0.227. The van der Waals surface area contributed by atoms with E-state index < -0.39 is 11.8 Å². The number of carbonyl (C=O) groups excluding carboxylic acids is 3. The van der Waals surface area contributed by atoms with Gasteiger partial charge in [0, 0.05) is 11.3 Å². The molecule has 148 valence electrons. The normalized spacial score (nSPS) is 20.8. The Balaban J connectivity index is 1.57. The van der Waals surface area contributed by atoms with Crippen molar-refractivity contribution in [3.63, 3.8) is 0 Å². The van der Waals surface area contributed by atoms with Gasteiger partial charge in [0.15, 0.2) is 0 Å². The lowest BCUT2D eigenvalue weighted by Crippen LogP contribution is -2.59. The summed E-state index contributed by atoms with van der Waals surface area (Å²) in [6.45, 7) is 1.70. The molecule has 6 nitrogen and oxygen atoms in total. The number of fused-ring (bicyclic) bond motifs is 1. The smallest absolute Gasteiger partial charge is 0.255 e. The number of anilines is 2. The first-order valence-electron chi connectivity index (χ1n) is 9.41. The van der Waals surface area contributed by atoms with Gasteiger partial charge in [0.05, 0.1) is 17.5 Å². The summed E-state index contributed by atoms with van der Waals surface area (Å²) in [5.74, 6) is -1.90. The minimum absolute atomic E-state index is 0.189. The van der Waals surface area contributed by atoms with Crippen molar-refractivity contribution in [2.24, 2.45) is 11.8 Å². The first kappa shape index (κ1) is 18.9. The van der Waals surface area contributed by atoms with E-state index in [9.17, 15) is 18.8 Å². The van der Waals surface area contributed by atoms with Crippen molar-refractivity contribution in [1.82, 2.24) is 5.43 Å². The van der Waals surface area contributed by atoms with Crippen molar-refractivity contribution in [3.05, 3.63) is 71.6 Å². The van der Waals surface area contributed by atoms with Gasteiger partial charge in [0.25, 0.3) is 5.91 Å². The van der Waals surface area contributed by atoms with Crippen molar-refractivity contribution in [3.8, 4) is 0 Å². The quantitative estimate of drug-likeness (QED) is 0.785. The molecule has 0 radical (unpaired) electrons. The van der Waals surface area contributed by atoms with E-state index in [-0.39, 0.29) is 23.5 Å². The molecule has 2 aromatic carbocycles. The summed E-state index contributed by atoms with van der Waals surface area (Å²) in [5, 5.41) is 3.97. The number of hydrogen-bond donors (Lipinski definition) is 2. The number of carbonyl (C=O) groups is 3. The summed E-state index contributed by atoms with van der Waals surface area (Å²) in [6.07, 6.45) is 4.92. The lowest BCUT2D eigenvalue weighted by Gasteiger charge is -2.38. The number of hydrazine groups is 1. The maximum absolute atomic E-state index is 13.3.